The number of carbonyl (C=O) groups is 1. The van der Waals surface area contributed by atoms with Crippen molar-refractivity contribution in [2.24, 2.45) is 0 Å². The molecule has 0 aliphatic rings. The van der Waals surface area contributed by atoms with Crippen LogP contribution in [0.1, 0.15) is 13.8 Å². The number of sulfonamides is 1. The van der Waals surface area contributed by atoms with Crippen LogP contribution in [0.15, 0.2) is 17.3 Å². The summed E-state index contributed by atoms with van der Waals surface area (Å²) in [6.07, 6.45) is -2.20. The van der Waals surface area contributed by atoms with Crippen LogP contribution in [-0.4, -0.2) is 54.8 Å². The van der Waals surface area contributed by atoms with Crippen LogP contribution in [0.25, 0.3) is 0 Å². The van der Waals surface area contributed by atoms with E-state index in [1.807, 2.05) is 0 Å². The molecule has 0 unspecified atom stereocenters. The lowest BCUT2D eigenvalue weighted by atomic mass is 10.3. The van der Waals surface area contributed by atoms with Crippen molar-refractivity contribution in [1.29, 1.82) is 0 Å². The summed E-state index contributed by atoms with van der Waals surface area (Å²) in [6.45, 7) is 2.05. The highest BCUT2D eigenvalue weighted by Gasteiger charge is 2.33. The topological polar surface area (TPSA) is 84.3 Å². The summed E-state index contributed by atoms with van der Waals surface area (Å²) in [7, 11) is -3.08. The number of carbonyl (C=O) groups excluding carboxylic acids is 1. The summed E-state index contributed by atoms with van der Waals surface area (Å²) < 4.78 is 63.8. The fourth-order valence-corrected chi connectivity index (χ4v) is 2.55. The quantitative estimate of drug-likeness (QED) is 0.818. The minimum atomic E-state index is -4.48. The maximum Gasteiger partial charge on any atom is 0.401 e. The SMILES string of the molecule is CCn1cc(S(=O)(=O)NC(=O)[C@H](C)N(C)CC(F)(F)F)cn1. The first-order valence-electron chi connectivity index (χ1n) is 6.32. The summed E-state index contributed by atoms with van der Waals surface area (Å²) in [6, 6.07) is -1.27. The number of aromatic nitrogens is 2. The van der Waals surface area contributed by atoms with Crippen molar-refractivity contribution >= 4 is 15.9 Å². The maximum absolute atomic E-state index is 12.3. The van der Waals surface area contributed by atoms with E-state index in [9.17, 15) is 26.4 Å². The van der Waals surface area contributed by atoms with E-state index in [4.69, 9.17) is 0 Å². The predicted octanol–water partition coefficient (Wildman–Crippen LogP) is 0.590. The molecule has 1 atom stereocenters. The van der Waals surface area contributed by atoms with Crippen molar-refractivity contribution in [1.82, 2.24) is 19.4 Å². The first-order valence-corrected chi connectivity index (χ1v) is 7.80. The van der Waals surface area contributed by atoms with Gasteiger partial charge in [-0.1, -0.05) is 0 Å². The van der Waals surface area contributed by atoms with Crippen molar-refractivity contribution in [3.63, 3.8) is 0 Å². The predicted molar refractivity (Wildman–Crippen MR) is 71.4 cm³/mol. The van der Waals surface area contributed by atoms with Crippen molar-refractivity contribution in [2.45, 2.75) is 37.5 Å². The third-order valence-corrected chi connectivity index (χ3v) is 4.25. The molecule has 0 aromatic carbocycles. The number of alkyl halides is 3. The summed E-state index contributed by atoms with van der Waals surface area (Å²) in [5.74, 6) is -1.05. The van der Waals surface area contributed by atoms with Gasteiger partial charge in [-0.3, -0.25) is 14.4 Å². The van der Waals surface area contributed by atoms with Gasteiger partial charge in [0, 0.05) is 12.7 Å². The largest absolute Gasteiger partial charge is 0.401 e. The average molecular weight is 342 g/mol. The number of hydrogen-bond donors (Lipinski definition) is 1. The van der Waals surface area contributed by atoms with E-state index in [2.05, 4.69) is 5.10 Å². The molecule has 1 heterocycles. The number of rotatable bonds is 6. The van der Waals surface area contributed by atoms with Gasteiger partial charge >= 0.3 is 6.18 Å². The molecular formula is C11H17F3N4O3S. The molecule has 0 bridgehead atoms. The molecular weight excluding hydrogens is 325 g/mol. The first-order chi connectivity index (χ1) is 9.96. The Morgan fingerprint density at radius 2 is 2.09 bits per heavy atom. The molecule has 22 heavy (non-hydrogen) atoms. The zero-order valence-corrected chi connectivity index (χ0v) is 13.1. The Morgan fingerprint density at radius 3 is 2.55 bits per heavy atom. The summed E-state index contributed by atoms with van der Waals surface area (Å²) >= 11 is 0. The second kappa shape index (κ2) is 6.65. The van der Waals surface area contributed by atoms with Gasteiger partial charge in [-0.05, 0) is 20.9 Å². The third kappa shape index (κ3) is 4.98. The number of halogens is 3. The van der Waals surface area contributed by atoms with E-state index in [0.29, 0.717) is 11.4 Å². The van der Waals surface area contributed by atoms with Gasteiger partial charge in [0.15, 0.2) is 0 Å². The Bertz CT molecular complexity index is 627. The van der Waals surface area contributed by atoms with E-state index in [-0.39, 0.29) is 4.90 Å². The Labute approximate surface area is 126 Å². The van der Waals surface area contributed by atoms with E-state index >= 15 is 0 Å². The number of amides is 1. The molecule has 126 valence electrons. The Morgan fingerprint density at radius 1 is 1.50 bits per heavy atom. The highest BCUT2D eigenvalue weighted by molar-refractivity contribution is 7.90. The van der Waals surface area contributed by atoms with Gasteiger partial charge in [-0.2, -0.15) is 18.3 Å². The van der Waals surface area contributed by atoms with Crippen LogP contribution in [0.5, 0.6) is 0 Å². The van der Waals surface area contributed by atoms with Crippen LogP contribution in [0, 0.1) is 0 Å². The lowest BCUT2D eigenvalue weighted by molar-refractivity contribution is -0.150. The molecule has 0 radical (unpaired) electrons. The van der Waals surface area contributed by atoms with Gasteiger partial charge in [-0.25, -0.2) is 13.1 Å². The number of nitrogens with one attached hydrogen (secondary N) is 1. The monoisotopic (exact) mass is 342 g/mol. The highest BCUT2D eigenvalue weighted by Crippen LogP contribution is 2.17. The summed E-state index contributed by atoms with van der Waals surface area (Å²) in [5.41, 5.74) is 0. The molecule has 7 nitrogen and oxygen atoms in total. The first kappa shape index (κ1) is 18.4. The second-order valence-corrected chi connectivity index (χ2v) is 6.39. The van der Waals surface area contributed by atoms with Crippen LogP contribution >= 0.6 is 0 Å². The van der Waals surface area contributed by atoms with E-state index in [1.54, 1.807) is 11.6 Å². The van der Waals surface area contributed by atoms with Crippen molar-refractivity contribution < 1.29 is 26.4 Å². The van der Waals surface area contributed by atoms with Gasteiger partial charge in [0.2, 0.25) is 0 Å². The number of hydrogen-bond acceptors (Lipinski definition) is 5. The van der Waals surface area contributed by atoms with Crippen LogP contribution in [0.2, 0.25) is 0 Å². The van der Waals surface area contributed by atoms with E-state index in [1.165, 1.54) is 17.8 Å². The molecule has 0 spiro atoms. The fraction of sp³-hybridized carbons (Fsp3) is 0.636. The van der Waals surface area contributed by atoms with Gasteiger partial charge in [0.1, 0.15) is 4.90 Å². The van der Waals surface area contributed by atoms with Crippen LogP contribution in [0.3, 0.4) is 0 Å². The molecule has 1 N–H and O–H groups in total. The van der Waals surface area contributed by atoms with Crippen LogP contribution in [0.4, 0.5) is 13.2 Å². The van der Waals surface area contributed by atoms with Crippen molar-refractivity contribution in [3.05, 3.63) is 12.4 Å². The fourth-order valence-electron chi connectivity index (χ4n) is 1.55. The lowest BCUT2D eigenvalue weighted by Gasteiger charge is -2.24. The molecule has 0 aliphatic carbocycles. The van der Waals surface area contributed by atoms with Gasteiger partial charge in [-0.15, -0.1) is 0 Å². The van der Waals surface area contributed by atoms with Gasteiger partial charge in [0.05, 0.1) is 18.8 Å². The lowest BCUT2D eigenvalue weighted by Crippen LogP contribution is -2.47. The molecule has 0 saturated carbocycles. The van der Waals surface area contributed by atoms with Gasteiger partial charge in [0.25, 0.3) is 15.9 Å². The highest BCUT2D eigenvalue weighted by atomic mass is 32.2. The summed E-state index contributed by atoms with van der Waals surface area (Å²) in [4.78, 5) is 12.3. The zero-order valence-electron chi connectivity index (χ0n) is 12.3. The molecule has 1 rings (SSSR count). The number of nitrogens with zero attached hydrogens (tertiary/aromatic N) is 3. The van der Waals surface area contributed by atoms with Crippen molar-refractivity contribution in [3.8, 4) is 0 Å². The van der Waals surface area contributed by atoms with Crippen LogP contribution in [-0.2, 0) is 21.4 Å². The van der Waals surface area contributed by atoms with E-state index in [0.717, 1.165) is 13.2 Å². The molecule has 11 heteroatoms. The zero-order chi connectivity index (χ0) is 17.1. The minimum absolute atomic E-state index is 0.228. The standard InChI is InChI=1S/C11H17F3N4O3S/c1-4-18-6-9(5-15-18)22(20,21)16-10(19)8(2)17(3)7-11(12,13)14/h5-6,8H,4,7H2,1-3H3,(H,16,19)/t8-/m0/s1. The molecule has 0 aliphatic heterocycles. The molecule has 1 aromatic heterocycles. The third-order valence-electron chi connectivity index (χ3n) is 2.95. The minimum Gasteiger partial charge on any atom is -0.287 e. The number of aryl methyl sites for hydroxylation is 1. The maximum atomic E-state index is 12.3. The summed E-state index contributed by atoms with van der Waals surface area (Å²) in [5, 5.41) is 3.76. The Balaban J connectivity index is 2.78. The molecule has 0 saturated heterocycles. The van der Waals surface area contributed by atoms with E-state index < -0.39 is 34.7 Å². The second-order valence-electron chi connectivity index (χ2n) is 4.71. The smallest absolute Gasteiger partial charge is 0.287 e. The normalized spacial score (nSPS) is 14.1. The van der Waals surface area contributed by atoms with Gasteiger partial charge < -0.3 is 0 Å². The molecule has 0 fully saturated rings. The molecule has 1 aromatic rings. The molecule has 1 amide bonds. The Hall–Kier alpha value is -1.62. The Kier molecular flexibility index (Phi) is 5.57. The van der Waals surface area contributed by atoms with Crippen molar-refractivity contribution in [2.75, 3.05) is 13.6 Å². The van der Waals surface area contributed by atoms with Crippen LogP contribution < -0.4 is 4.72 Å². The average Bonchev–Trinajstić information content (AvgIpc) is 2.84. The number of likely N-dealkylation sites (N-methyl/N-ethyl adjacent to an activating group) is 1.